The molecule has 0 aromatic heterocycles. The van der Waals surface area contributed by atoms with Crippen molar-refractivity contribution in [2.75, 3.05) is 25.5 Å². The van der Waals surface area contributed by atoms with Gasteiger partial charge in [0.1, 0.15) is 5.75 Å². The van der Waals surface area contributed by atoms with Crippen LogP contribution < -0.4 is 15.8 Å². The molecular formula is C12H17ClN4O2. The van der Waals surface area contributed by atoms with E-state index in [1.54, 1.807) is 13.2 Å². The van der Waals surface area contributed by atoms with Crippen molar-refractivity contribution in [2.24, 2.45) is 10.7 Å². The summed E-state index contributed by atoms with van der Waals surface area (Å²) in [7, 11) is 1.57. The summed E-state index contributed by atoms with van der Waals surface area (Å²) >= 11 is 0. The van der Waals surface area contributed by atoms with Gasteiger partial charge in [0.25, 0.3) is 0 Å². The van der Waals surface area contributed by atoms with E-state index in [2.05, 4.69) is 10.3 Å². The van der Waals surface area contributed by atoms with Crippen molar-refractivity contribution < 1.29 is 9.53 Å². The minimum atomic E-state index is -0.290. The Hall–Kier alpha value is -1.95. The molecule has 0 spiro atoms. The summed E-state index contributed by atoms with van der Waals surface area (Å²) in [6.45, 7) is 2.95. The number of nitrogens with two attached hydrogens (primary N) is 1. The Morgan fingerprint density at radius 2 is 2.26 bits per heavy atom. The third kappa shape index (κ3) is 3.08. The molecule has 1 aliphatic heterocycles. The minimum Gasteiger partial charge on any atom is -0.495 e. The molecule has 0 saturated carbocycles. The van der Waals surface area contributed by atoms with Crippen LogP contribution in [0.25, 0.3) is 0 Å². The molecule has 0 saturated heterocycles. The lowest BCUT2D eigenvalue weighted by Gasteiger charge is -2.18. The number of hydrogen-bond donors (Lipinski definition) is 2. The number of carbonyl (C=O) groups excluding carboxylic acids is 1. The molecule has 0 aliphatic carbocycles. The number of amides is 2. The van der Waals surface area contributed by atoms with Gasteiger partial charge in [-0.05, 0) is 18.6 Å². The number of nitrogens with one attached hydrogen (secondary N) is 1. The van der Waals surface area contributed by atoms with E-state index >= 15 is 0 Å². The molecule has 104 valence electrons. The van der Waals surface area contributed by atoms with Crippen LogP contribution in [-0.2, 0) is 0 Å². The predicted octanol–water partition coefficient (Wildman–Crippen LogP) is 1.59. The monoisotopic (exact) mass is 284 g/mol. The lowest BCUT2D eigenvalue weighted by molar-refractivity contribution is 0.236. The third-order valence-corrected chi connectivity index (χ3v) is 2.81. The van der Waals surface area contributed by atoms with Crippen LogP contribution in [0.2, 0.25) is 0 Å². The van der Waals surface area contributed by atoms with E-state index in [1.807, 2.05) is 19.1 Å². The van der Waals surface area contributed by atoms with E-state index in [0.29, 0.717) is 24.5 Å². The highest BCUT2D eigenvalue weighted by molar-refractivity contribution is 6.03. The average Bonchev–Trinajstić information content (AvgIpc) is 2.78. The van der Waals surface area contributed by atoms with E-state index in [1.165, 1.54) is 4.90 Å². The number of carbonyl (C=O) groups is 1. The van der Waals surface area contributed by atoms with Crippen LogP contribution in [0, 0.1) is 6.92 Å². The number of halogens is 1. The molecular weight excluding hydrogens is 268 g/mol. The van der Waals surface area contributed by atoms with Crippen LogP contribution in [0.4, 0.5) is 10.5 Å². The second-order valence-electron chi connectivity index (χ2n) is 3.97. The zero-order valence-corrected chi connectivity index (χ0v) is 11.7. The minimum absolute atomic E-state index is 0. The molecule has 3 N–H and O–H groups in total. The third-order valence-electron chi connectivity index (χ3n) is 2.81. The summed E-state index contributed by atoms with van der Waals surface area (Å²) in [5, 5.41) is 2.80. The molecule has 1 aliphatic rings. The predicted molar refractivity (Wildman–Crippen MR) is 77.2 cm³/mol. The summed E-state index contributed by atoms with van der Waals surface area (Å²) in [5.74, 6) is 0.873. The Morgan fingerprint density at radius 1 is 1.53 bits per heavy atom. The lowest BCUT2D eigenvalue weighted by Crippen LogP contribution is -2.41. The maximum atomic E-state index is 12.0. The lowest BCUT2D eigenvalue weighted by atomic mass is 10.2. The highest BCUT2D eigenvalue weighted by Gasteiger charge is 2.22. The quantitative estimate of drug-likeness (QED) is 0.865. The first-order chi connectivity index (χ1) is 8.63. The number of nitrogens with zero attached hydrogens (tertiary/aromatic N) is 2. The summed E-state index contributed by atoms with van der Waals surface area (Å²) in [5.41, 5.74) is 7.21. The zero-order chi connectivity index (χ0) is 13.1. The highest BCUT2D eigenvalue weighted by Crippen LogP contribution is 2.27. The molecule has 6 nitrogen and oxygen atoms in total. The molecule has 0 radical (unpaired) electrons. The van der Waals surface area contributed by atoms with Crippen LogP contribution in [0.5, 0.6) is 5.75 Å². The van der Waals surface area contributed by atoms with Gasteiger partial charge in [0, 0.05) is 0 Å². The van der Waals surface area contributed by atoms with Crippen LogP contribution in [-0.4, -0.2) is 37.1 Å². The normalized spacial score (nSPS) is 13.6. The van der Waals surface area contributed by atoms with Crippen molar-refractivity contribution in [3.8, 4) is 5.75 Å². The number of aryl methyl sites for hydroxylation is 1. The van der Waals surface area contributed by atoms with Crippen LogP contribution in [0.1, 0.15) is 5.56 Å². The maximum Gasteiger partial charge on any atom is 0.328 e. The number of aliphatic imine (C=N–C) groups is 1. The van der Waals surface area contributed by atoms with Crippen LogP contribution in [0.15, 0.2) is 23.2 Å². The van der Waals surface area contributed by atoms with Gasteiger partial charge in [-0.25, -0.2) is 4.79 Å². The van der Waals surface area contributed by atoms with Crippen LogP contribution >= 0.6 is 12.4 Å². The Labute approximate surface area is 118 Å². The Balaban J connectivity index is 0.00000180. The number of hydrogen-bond acceptors (Lipinski definition) is 4. The van der Waals surface area contributed by atoms with Gasteiger partial charge in [-0.2, -0.15) is 0 Å². The van der Waals surface area contributed by atoms with E-state index in [0.717, 1.165) is 5.56 Å². The maximum absolute atomic E-state index is 12.0. The van der Waals surface area contributed by atoms with Gasteiger partial charge in [0.05, 0.1) is 25.9 Å². The summed E-state index contributed by atoms with van der Waals surface area (Å²) in [6.07, 6.45) is 0. The van der Waals surface area contributed by atoms with Crippen molar-refractivity contribution in [1.29, 1.82) is 0 Å². The number of benzene rings is 1. The van der Waals surface area contributed by atoms with Crippen molar-refractivity contribution in [3.05, 3.63) is 23.8 Å². The van der Waals surface area contributed by atoms with Gasteiger partial charge < -0.3 is 15.8 Å². The fourth-order valence-corrected chi connectivity index (χ4v) is 1.82. The first-order valence-corrected chi connectivity index (χ1v) is 5.65. The SMILES string of the molecule is COc1cccc(C)c1NC(=O)N1CCN=C1N.Cl. The Morgan fingerprint density at radius 3 is 2.84 bits per heavy atom. The van der Waals surface area contributed by atoms with Gasteiger partial charge in [0.2, 0.25) is 0 Å². The number of urea groups is 1. The van der Waals surface area contributed by atoms with Gasteiger partial charge in [-0.3, -0.25) is 9.89 Å². The molecule has 0 unspecified atom stereocenters. The topological polar surface area (TPSA) is 80.0 Å². The van der Waals surface area contributed by atoms with Crippen molar-refractivity contribution >= 4 is 30.1 Å². The molecule has 0 fully saturated rings. The number of anilines is 1. The van der Waals surface area contributed by atoms with Crippen molar-refractivity contribution in [2.45, 2.75) is 6.92 Å². The molecule has 2 rings (SSSR count). The molecule has 19 heavy (non-hydrogen) atoms. The second-order valence-corrected chi connectivity index (χ2v) is 3.97. The van der Waals surface area contributed by atoms with Crippen molar-refractivity contribution in [3.63, 3.8) is 0 Å². The number of guanidine groups is 1. The van der Waals surface area contributed by atoms with Gasteiger partial charge in [-0.1, -0.05) is 12.1 Å². The van der Waals surface area contributed by atoms with Crippen molar-refractivity contribution in [1.82, 2.24) is 4.90 Å². The smallest absolute Gasteiger partial charge is 0.328 e. The molecule has 1 aromatic rings. The first kappa shape index (κ1) is 15.1. The number of para-hydroxylation sites is 1. The summed E-state index contributed by atoms with van der Waals surface area (Å²) in [6, 6.07) is 5.28. The average molecular weight is 285 g/mol. The fraction of sp³-hybridized carbons (Fsp3) is 0.333. The largest absolute Gasteiger partial charge is 0.495 e. The van der Waals surface area contributed by atoms with E-state index in [-0.39, 0.29) is 24.4 Å². The molecule has 0 atom stereocenters. The second kappa shape index (κ2) is 6.29. The standard InChI is InChI=1S/C12H16N4O2.ClH/c1-8-4-3-5-9(18-2)10(8)15-12(17)16-7-6-14-11(16)13;/h3-5H,6-7H2,1-2H3,(H2,13,14)(H,15,17);1H. The fourth-order valence-electron chi connectivity index (χ4n) is 1.82. The molecule has 7 heteroatoms. The Bertz CT molecular complexity index is 505. The van der Waals surface area contributed by atoms with Gasteiger partial charge in [-0.15, -0.1) is 12.4 Å². The number of ether oxygens (including phenoxy) is 1. The molecule has 0 bridgehead atoms. The molecule has 1 aromatic carbocycles. The Kier molecular flexibility index (Phi) is 5.00. The highest BCUT2D eigenvalue weighted by atomic mass is 35.5. The first-order valence-electron chi connectivity index (χ1n) is 5.65. The number of methoxy groups -OCH3 is 1. The van der Waals surface area contributed by atoms with E-state index < -0.39 is 0 Å². The molecule has 2 amide bonds. The summed E-state index contributed by atoms with van der Waals surface area (Å²) < 4.78 is 5.22. The zero-order valence-electron chi connectivity index (χ0n) is 10.8. The van der Waals surface area contributed by atoms with Crippen LogP contribution in [0.3, 0.4) is 0 Å². The van der Waals surface area contributed by atoms with E-state index in [9.17, 15) is 4.79 Å². The van der Waals surface area contributed by atoms with Gasteiger partial charge >= 0.3 is 6.03 Å². The van der Waals surface area contributed by atoms with Gasteiger partial charge in [0.15, 0.2) is 5.96 Å². The summed E-state index contributed by atoms with van der Waals surface area (Å²) in [4.78, 5) is 17.4. The number of rotatable bonds is 2. The molecule has 1 heterocycles. The van der Waals surface area contributed by atoms with E-state index in [4.69, 9.17) is 10.5 Å².